The van der Waals surface area contributed by atoms with E-state index in [9.17, 15) is 4.79 Å². The lowest BCUT2D eigenvalue weighted by molar-refractivity contribution is -0.117. The molecule has 126 valence electrons. The van der Waals surface area contributed by atoms with Crippen molar-refractivity contribution < 1.29 is 9.53 Å². The maximum Gasteiger partial charge on any atom is 0.238 e. The molecule has 0 aliphatic carbocycles. The average molecular weight is 345 g/mol. The second-order valence-corrected chi connectivity index (χ2v) is 6.68. The molecular formula is C19H21ClN2O2. The Balaban J connectivity index is 1.66. The zero-order chi connectivity index (χ0) is 17.3. The lowest BCUT2D eigenvalue weighted by Gasteiger charge is -2.15. The van der Waals surface area contributed by atoms with Crippen LogP contribution in [-0.4, -0.2) is 24.5 Å². The molecule has 0 fully saturated rings. The zero-order valence-electron chi connectivity index (χ0n) is 14.1. The minimum Gasteiger partial charge on any atom is -0.495 e. The number of amides is 1. The van der Waals surface area contributed by atoms with Crippen molar-refractivity contribution in [3.8, 4) is 5.75 Å². The minimum absolute atomic E-state index is 0.0724. The van der Waals surface area contributed by atoms with Crippen LogP contribution in [0.25, 0.3) is 0 Å². The van der Waals surface area contributed by atoms with Gasteiger partial charge in [-0.05, 0) is 54.3 Å². The van der Waals surface area contributed by atoms with Crippen molar-refractivity contribution in [2.24, 2.45) is 0 Å². The molecule has 4 nitrogen and oxygen atoms in total. The van der Waals surface area contributed by atoms with Gasteiger partial charge in [-0.15, -0.1) is 0 Å². The highest BCUT2D eigenvalue weighted by molar-refractivity contribution is 6.31. The summed E-state index contributed by atoms with van der Waals surface area (Å²) >= 11 is 6.00. The second-order valence-electron chi connectivity index (χ2n) is 6.24. The fourth-order valence-electron chi connectivity index (χ4n) is 3.05. The lowest BCUT2D eigenvalue weighted by atomic mass is 10.0. The van der Waals surface area contributed by atoms with Crippen molar-refractivity contribution in [3.05, 3.63) is 57.6 Å². The van der Waals surface area contributed by atoms with Crippen molar-refractivity contribution in [2.45, 2.75) is 26.9 Å². The van der Waals surface area contributed by atoms with Crippen LogP contribution in [0, 0.1) is 13.8 Å². The Bertz CT molecular complexity index is 758. The third kappa shape index (κ3) is 3.55. The van der Waals surface area contributed by atoms with Crippen molar-refractivity contribution in [2.75, 3.05) is 19.0 Å². The Morgan fingerprint density at radius 1 is 1.17 bits per heavy atom. The van der Waals surface area contributed by atoms with Gasteiger partial charge >= 0.3 is 0 Å². The summed E-state index contributed by atoms with van der Waals surface area (Å²) in [7, 11) is 1.57. The number of hydrogen-bond donors (Lipinski definition) is 1. The largest absolute Gasteiger partial charge is 0.495 e. The first-order chi connectivity index (χ1) is 11.5. The van der Waals surface area contributed by atoms with Crippen LogP contribution in [-0.2, 0) is 17.9 Å². The molecule has 1 heterocycles. The first-order valence-electron chi connectivity index (χ1n) is 7.91. The van der Waals surface area contributed by atoms with E-state index >= 15 is 0 Å². The number of nitrogens with one attached hydrogen (secondary N) is 1. The van der Waals surface area contributed by atoms with E-state index in [1.807, 2.05) is 0 Å². The van der Waals surface area contributed by atoms with Crippen molar-refractivity contribution in [1.29, 1.82) is 0 Å². The van der Waals surface area contributed by atoms with E-state index in [2.05, 4.69) is 36.2 Å². The number of anilines is 1. The van der Waals surface area contributed by atoms with Gasteiger partial charge in [-0.1, -0.05) is 23.7 Å². The quantitative estimate of drug-likeness (QED) is 0.914. The molecule has 1 aliphatic heterocycles. The van der Waals surface area contributed by atoms with Crippen LogP contribution >= 0.6 is 11.6 Å². The SMILES string of the molecule is COc1ccc(Cl)cc1NC(=O)CN1Cc2cc(C)c(C)cc2C1. The highest BCUT2D eigenvalue weighted by Crippen LogP contribution is 2.28. The van der Waals surface area contributed by atoms with E-state index in [0.717, 1.165) is 13.1 Å². The number of hydrogen-bond acceptors (Lipinski definition) is 3. The Labute approximate surface area is 147 Å². The first kappa shape index (κ1) is 16.8. The molecule has 3 rings (SSSR count). The van der Waals surface area contributed by atoms with Crippen LogP contribution in [0.1, 0.15) is 22.3 Å². The molecule has 1 aliphatic rings. The van der Waals surface area contributed by atoms with Gasteiger partial charge in [0.2, 0.25) is 5.91 Å². The first-order valence-corrected chi connectivity index (χ1v) is 8.29. The molecule has 2 aromatic carbocycles. The Hall–Kier alpha value is -2.04. The van der Waals surface area contributed by atoms with Gasteiger partial charge in [0.25, 0.3) is 0 Å². The molecule has 0 unspecified atom stereocenters. The van der Waals surface area contributed by atoms with Gasteiger partial charge < -0.3 is 10.1 Å². The number of rotatable bonds is 4. The van der Waals surface area contributed by atoms with E-state index in [0.29, 0.717) is 23.0 Å². The van der Waals surface area contributed by atoms with Crippen LogP contribution in [0.2, 0.25) is 5.02 Å². The molecule has 1 amide bonds. The molecule has 5 heteroatoms. The predicted octanol–water partition coefficient (Wildman–Crippen LogP) is 3.92. The summed E-state index contributed by atoms with van der Waals surface area (Å²) in [6.07, 6.45) is 0. The Kier molecular flexibility index (Phi) is 4.78. The third-order valence-electron chi connectivity index (χ3n) is 4.41. The highest BCUT2D eigenvalue weighted by atomic mass is 35.5. The average Bonchev–Trinajstić information content (AvgIpc) is 2.88. The molecule has 0 radical (unpaired) electrons. The number of methoxy groups -OCH3 is 1. The van der Waals surface area contributed by atoms with Gasteiger partial charge in [0.1, 0.15) is 5.75 Å². The van der Waals surface area contributed by atoms with E-state index in [-0.39, 0.29) is 5.91 Å². The molecule has 0 saturated carbocycles. The molecule has 0 bridgehead atoms. The van der Waals surface area contributed by atoms with Crippen molar-refractivity contribution >= 4 is 23.2 Å². The third-order valence-corrected chi connectivity index (χ3v) is 4.64. The topological polar surface area (TPSA) is 41.6 Å². The molecule has 1 N–H and O–H groups in total. The molecule has 0 saturated heterocycles. The minimum atomic E-state index is -0.0724. The van der Waals surface area contributed by atoms with Crippen molar-refractivity contribution in [3.63, 3.8) is 0 Å². The van der Waals surface area contributed by atoms with Crippen LogP contribution in [0.4, 0.5) is 5.69 Å². The summed E-state index contributed by atoms with van der Waals surface area (Å²) in [6.45, 7) is 6.18. The number of ether oxygens (including phenoxy) is 1. The number of benzene rings is 2. The van der Waals surface area contributed by atoms with Crippen LogP contribution in [0.3, 0.4) is 0 Å². The van der Waals surface area contributed by atoms with Crippen molar-refractivity contribution in [1.82, 2.24) is 4.90 Å². The molecule has 2 aromatic rings. The summed E-state index contributed by atoms with van der Waals surface area (Å²) < 4.78 is 5.26. The number of nitrogens with zero attached hydrogens (tertiary/aromatic N) is 1. The van der Waals surface area contributed by atoms with E-state index in [1.165, 1.54) is 22.3 Å². The monoisotopic (exact) mass is 344 g/mol. The molecular weight excluding hydrogens is 324 g/mol. The summed E-state index contributed by atoms with van der Waals surface area (Å²) in [5, 5.41) is 3.45. The van der Waals surface area contributed by atoms with Gasteiger partial charge in [0.05, 0.1) is 19.3 Å². The number of carbonyl (C=O) groups excluding carboxylic acids is 1. The predicted molar refractivity (Wildman–Crippen MR) is 96.7 cm³/mol. The molecule has 24 heavy (non-hydrogen) atoms. The molecule has 0 aromatic heterocycles. The Morgan fingerprint density at radius 3 is 2.38 bits per heavy atom. The fraction of sp³-hybridized carbons (Fsp3) is 0.316. The number of fused-ring (bicyclic) bond motifs is 1. The maximum absolute atomic E-state index is 12.4. The van der Waals surface area contributed by atoms with Crippen LogP contribution in [0.15, 0.2) is 30.3 Å². The van der Waals surface area contributed by atoms with Crippen LogP contribution in [0.5, 0.6) is 5.75 Å². The van der Waals surface area contributed by atoms with Crippen LogP contribution < -0.4 is 10.1 Å². The smallest absolute Gasteiger partial charge is 0.238 e. The summed E-state index contributed by atoms with van der Waals surface area (Å²) in [5.74, 6) is 0.528. The van der Waals surface area contributed by atoms with Gasteiger partial charge in [-0.3, -0.25) is 9.69 Å². The fourth-order valence-corrected chi connectivity index (χ4v) is 3.22. The van der Waals surface area contributed by atoms with Gasteiger partial charge in [-0.2, -0.15) is 0 Å². The van der Waals surface area contributed by atoms with E-state index < -0.39 is 0 Å². The Morgan fingerprint density at radius 2 is 1.79 bits per heavy atom. The van der Waals surface area contributed by atoms with E-state index in [4.69, 9.17) is 16.3 Å². The number of aryl methyl sites for hydroxylation is 2. The van der Waals surface area contributed by atoms with Gasteiger partial charge in [-0.25, -0.2) is 0 Å². The van der Waals surface area contributed by atoms with Gasteiger partial charge in [0, 0.05) is 18.1 Å². The standard InChI is InChI=1S/C19H21ClN2O2/c1-12-6-14-9-22(10-15(14)7-13(12)2)11-19(23)21-17-8-16(20)4-5-18(17)24-3/h4-8H,9-11H2,1-3H3,(H,21,23). The summed E-state index contributed by atoms with van der Waals surface area (Å²) in [5.41, 5.74) is 5.81. The molecule has 0 atom stereocenters. The molecule has 0 spiro atoms. The summed E-state index contributed by atoms with van der Waals surface area (Å²) in [4.78, 5) is 14.5. The summed E-state index contributed by atoms with van der Waals surface area (Å²) in [6, 6.07) is 9.63. The highest BCUT2D eigenvalue weighted by Gasteiger charge is 2.22. The lowest BCUT2D eigenvalue weighted by Crippen LogP contribution is -2.29. The van der Waals surface area contributed by atoms with Gasteiger partial charge in [0.15, 0.2) is 0 Å². The van der Waals surface area contributed by atoms with E-state index in [1.54, 1.807) is 25.3 Å². The maximum atomic E-state index is 12.4. The number of carbonyl (C=O) groups is 1. The number of halogens is 1. The zero-order valence-corrected chi connectivity index (χ0v) is 14.9. The second kappa shape index (κ2) is 6.83. The normalized spacial score (nSPS) is 13.7.